The maximum atomic E-state index is 12.2. The highest BCUT2D eigenvalue weighted by Crippen LogP contribution is 2.32. The molecule has 1 aromatic rings. The van der Waals surface area contributed by atoms with Crippen LogP contribution >= 0.6 is 11.8 Å². The first-order valence-electron chi connectivity index (χ1n) is 9.21. The van der Waals surface area contributed by atoms with Gasteiger partial charge in [0.15, 0.2) is 11.4 Å². The van der Waals surface area contributed by atoms with E-state index in [0.717, 1.165) is 23.2 Å². The Morgan fingerprint density at radius 1 is 1.32 bits per heavy atom. The minimum absolute atomic E-state index is 0.268. The second-order valence-corrected chi connectivity index (χ2v) is 8.51. The molecule has 2 rings (SSSR count). The summed E-state index contributed by atoms with van der Waals surface area (Å²) in [5.41, 5.74) is 5.05. The Kier molecular flexibility index (Phi) is 7.14. The van der Waals surface area contributed by atoms with Crippen molar-refractivity contribution in [3.63, 3.8) is 0 Å². The fraction of sp³-hybridized carbons (Fsp3) is 0.476. The second kappa shape index (κ2) is 9.16. The third kappa shape index (κ3) is 5.77. The van der Waals surface area contributed by atoms with E-state index in [-0.39, 0.29) is 6.09 Å². The molecule has 0 bridgehead atoms. The lowest BCUT2D eigenvalue weighted by atomic mass is 9.91. The van der Waals surface area contributed by atoms with Crippen molar-refractivity contribution in [2.45, 2.75) is 46.6 Å². The number of ether oxygens (including phenoxy) is 1. The number of thioether (sulfide) groups is 1. The summed E-state index contributed by atoms with van der Waals surface area (Å²) in [6.45, 7) is 11.0. The maximum Gasteiger partial charge on any atom is 0.410 e. The Balaban J connectivity index is 2.21. The molecule has 0 unspecified atom stereocenters. The average Bonchev–Trinajstić information content (AvgIpc) is 2.60. The van der Waals surface area contributed by atoms with Gasteiger partial charge in [0.1, 0.15) is 5.60 Å². The molecule has 28 heavy (non-hydrogen) atoms. The molecule has 0 fully saturated rings. The summed E-state index contributed by atoms with van der Waals surface area (Å²) in [5, 5.41) is 11.9. The largest absolute Gasteiger partial charge is 0.444 e. The molecule has 1 amide bonds. The Hall–Kier alpha value is -2.46. The van der Waals surface area contributed by atoms with Crippen molar-refractivity contribution >= 4 is 34.3 Å². The number of hydrogen-bond acceptors (Lipinski definition) is 5. The molecule has 1 N–H and O–H groups in total. The van der Waals surface area contributed by atoms with Gasteiger partial charge in [0.25, 0.3) is 0 Å². The van der Waals surface area contributed by atoms with Gasteiger partial charge in [-0.1, -0.05) is 17.8 Å². The van der Waals surface area contributed by atoms with Crippen LogP contribution in [0.1, 0.15) is 43.9 Å². The van der Waals surface area contributed by atoms with Crippen LogP contribution in [0.4, 0.5) is 10.5 Å². The van der Waals surface area contributed by atoms with E-state index in [0.29, 0.717) is 18.3 Å². The number of hydrogen-bond donors (Lipinski definition) is 1. The van der Waals surface area contributed by atoms with Gasteiger partial charge in [0, 0.05) is 13.1 Å². The highest BCUT2D eigenvalue weighted by Gasteiger charge is 2.24. The molecule has 1 aliphatic heterocycles. The highest BCUT2D eigenvalue weighted by atomic mass is 32.2. The number of carbonyl (C=O) groups excluding carboxylic acids is 1. The van der Waals surface area contributed by atoms with Crippen molar-refractivity contribution in [1.82, 2.24) is 10.2 Å². The van der Waals surface area contributed by atoms with Gasteiger partial charge >= 0.3 is 6.09 Å². The molecule has 0 atom stereocenters. The van der Waals surface area contributed by atoms with E-state index < -0.39 is 5.60 Å². The Labute approximate surface area is 171 Å². The number of aryl methyl sites for hydroxylation is 2. The third-order valence-corrected chi connectivity index (χ3v) is 4.87. The number of carbonyl (C=O) groups is 1. The van der Waals surface area contributed by atoms with E-state index in [9.17, 15) is 4.79 Å². The highest BCUT2D eigenvalue weighted by molar-refractivity contribution is 8.13. The molecule has 6 nitrogen and oxygen atoms in total. The van der Waals surface area contributed by atoms with Crippen LogP contribution in [-0.2, 0) is 4.74 Å². The van der Waals surface area contributed by atoms with Gasteiger partial charge in [0.05, 0.1) is 5.69 Å². The van der Waals surface area contributed by atoms with Gasteiger partial charge in [-0.05, 0) is 81.7 Å². The molecule has 1 aromatic carbocycles. The fourth-order valence-corrected chi connectivity index (χ4v) is 3.53. The summed E-state index contributed by atoms with van der Waals surface area (Å²) in [4.78, 5) is 18.5. The van der Waals surface area contributed by atoms with Gasteiger partial charge in [-0.25, -0.2) is 9.79 Å². The standard InChI is InChI=1S/C21H28N4O2S/c1-14-11-17(24-19(28-6)23-13-22)12-15(2)18(14)16-7-9-25(10-8-16)20(26)27-21(3,4)5/h7,11-12H,8-10H2,1-6H3,(H,23,24). The summed E-state index contributed by atoms with van der Waals surface area (Å²) in [7, 11) is 0. The SMILES string of the molecule is CS/C(=N\c1cc(C)c(C2=CCN(C(=O)OC(C)(C)C)CC2)c(C)c1)NC#N. The molecule has 0 spiro atoms. The first kappa shape index (κ1) is 21.8. The lowest BCUT2D eigenvalue weighted by Crippen LogP contribution is -2.39. The third-order valence-electron chi connectivity index (χ3n) is 4.29. The van der Waals surface area contributed by atoms with Crippen molar-refractivity contribution in [3.8, 4) is 6.19 Å². The van der Waals surface area contributed by atoms with Crippen LogP contribution in [0.2, 0.25) is 0 Å². The predicted molar refractivity (Wildman–Crippen MR) is 116 cm³/mol. The smallest absolute Gasteiger partial charge is 0.410 e. The van der Waals surface area contributed by atoms with E-state index in [1.165, 1.54) is 22.9 Å². The number of amidine groups is 1. The van der Waals surface area contributed by atoms with E-state index in [1.807, 2.05) is 45.4 Å². The molecule has 0 radical (unpaired) electrons. The van der Waals surface area contributed by atoms with Crippen LogP contribution in [0.25, 0.3) is 5.57 Å². The average molecular weight is 401 g/mol. The zero-order valence-corrected chi connectivity index (χ0v) is 18.2. The van der Waals surface area contributed by atoms with Gasteiger partial charge in [0.2, 0.25) is 0 Å². The van der Waals surface area contributed by atoms with E-state index >= 15 is 0 Å². The molecular weight excluding hydrogens is 372 g/mol. The van der Waals surface area contributed by atoms with Crippen LogP contribution in [0.15, 0.2) is 23.2 Å². The zero-order valence-electron chi connectivity index (χ0n) is 17.4. The van der Waals surface area contributed by atoms with E-state index in [2.05, 4.69) is 30.2 Å². The summed E-state index contributed by atoms with van der Waals surface area (Å²) in [6, 6.07) is 4.05. The molecule has 150 valence electrons. The van der Waals surface area contributed by atoms with Crippen LogP contribution < -0.4 is 5.32 Å². The van der Waals surface area contributed by atoms with Crippen LogP contribution in [0.3, 0.4) is 0 Å². The number of nitrogens with zero attached hydrogens (tertiary/aromatic N) is 3. The minimum atomic E-state index is -0.485. The first-order valence-corrected chi connectivity index (χ1v) is 10.4. The number of nitriles is 1. The topological polar surface area (TPSA) is 77.7 Å². The van der Waals surface area contributed by atoms with Gasteiger partial charge in [-0.2, -0.15) is 5.26 Å². The number of benzene rings is 1. The summed E-state index contributed by atoms with van der Waals surface area (Å²) >= 11 is 1.40. The lowest BCUT2D eigenvalue weighted by Gasteiger charge is -2.30. The van der Waals surface area contributed by atoms with Crippen molar-refractivity contribution in [2.24, 2.45) is 4.99 Å². The van der Waals surface area contributed by atoms with E-state index in [4.69, 9.17) is 10.00 Å². The molecule has 0 aliphatic carbocycles. The Morgan fingerprint density at radius 3 is 2.43 bits per heavy atom. The maximum absolute atomic E-state index is 12.2. The van der Waals surface area contributed by atoms with Crippen molar-refractivity contribution < 1.29 is 9.53 Å². The molecule has 0 saturated carbocycles. The predicted octanol–water partition coefficient (Wildman–Crippen LogP) is 4.75. The minimum Gasteiger partial charge on any atom is -0.444 e. The number of nitrogens with one attached hydrogen (secondary N) is 1. The Morgan fingerprint density at radius 2 is 1.96 bits per heavy atom. The van der Waals surface area contributed by atoms with Crippen molar-refractivity contribution in [3.05, 3.63) is 34.9 Å². The van der Waals surface area contributed by atoms with Gasteiger partial charge < -0.3 is 9.64 Å². The van der Waals surface area contributed by atoms with Crippen molar-refractivity contribution in [2.75, 3.05) is 19.3 Å². The summed E-state index contributed by atoms with van der Waals surface area (Å²) in [6.07, 6.45) is 6.41. The summed E-state index contributed by atoms with van der Waals surface area (Å²) < 4.78 is 5.46. The van der Waals surface area contributed by atoms with Crippen LogP contribution in [0, 0.1) is 25.3 Å². The number of rotatable bonds is 2. The van der Waals surface area contributed by atoms with Gasteiger partial charge in [-0.3, -0.25) is 5.32 Å². The molecule has 0 aromatic heterocycles. The van der Waals surface area contributed by atoms with Gasteiger partial charge in [-0.15, -0.1) is 0 Å². The normalized spacial score (nSPS) is 15.0. The molecule has 1 aliphatic rings. The number of aliphatic imine (C=N–C) groups is 1. The number of amides is 1. The fourth-order valence-electron chi connectivity index (χ4n) is 3.19. The molecule has 0 saturated heterocycles. The van der Waals surface area contributed by atoms with Crippen molar-refractivity contribution in [1.29, 1.82) is 5.26 Å². The molecular formula is C21H28N4O2S. The second-order valence-electron chi connectivity index (χ2n) is 7.72. The first-order chi connectivity index (χ1) is 13.1. The quantitative estimate of drug-likeness (QED) is 0.335. The lowest BCUT2D eigenvalue weighted by molar-refractivity contribution is 0.0270. The Bertz CT molecular complexity index is 824. The van der Waals surface area contributed by atoms with E-state index in [1.54, 1.807) is 4.90 Å². The monoisotopic (exact) mass is 400 g/mol. The molecule has 7 heteroatoms. The van der Waals surface area contributed by atoms with Crippen LogP contribution in [0.5, 0.6) is 0 Å². The summed E-state index contributed by atoms with van der Waals surface area (Å²) in [5.74, 6) is 0. The molecule has 1 heterocycles. The zero-order chi connectivity index (χ0) is 20.9. The van der Waals surface area contributed by atoms with Crippen LogP contribution in [-0.4, -0.2) is 41.1 Å².